The summed E-state index contributed by atoms with van der Waals surface area (Å²) in [7, 11) is 0. The van der Waals surface area contributed by atoms with Crippen molar-refractivity contribution in [2.45, 2.75) is 6.54 Å². The first kappa shape index (κ1) is 6.90. The van der Waals surface area contributed by atoms with Crippen LogP contribution in [0.4, 0.5) is 4.79 Å². The van der Waals surface area contributed by atoms with E-state index in [9.17, 15) is 4.79 Å². The van der Waals surface area contributed by atoms with Crippen LogP contribution in [-0.4, -0.2) is 25.7 Å². The molecule has 0 spiro atoms. The summed E-state index contributed by atoms with van der Waals surface area (Å²) >= 11 is 0. The summed E-state index contributed by atoms with van der Waals surface area (Å²) in [5.41, 5.74) is 0. The van der Waals surface area contributed by atoms with Crippen molar-refractivity contribution < 1.29 is 9.90 Å². The number of amides is 1. The van der Waals surface area contributed by atoms with E-state index >= 15 is 0 Å². The SMILES string of the molecule is O=C(O)N1C=Cn2ccnc2C1. The molecule has 0 aliphatic carbocycles. The second-order valence-electron chi connectivity index (χ2n) is 2.46. The second kappa shape index (κ2) is 2.37. The lowest BCUT2D eigenvalue weighted by atomic mass is 10.4. The summed E-state index contributed by atoms with van der Waals surface area (Å²) in [6.45, 7) is 0.318. The molecule has 1 aromatic rings. The number of aromatic nitrogens is 2. The van der Waals surface area contributed by atoms with Crippen LogP contribution in [0.2, 0.25) is 0 Å². The third-order valence-electron chi connectivity index (χ3n) is 1.71. The molecule has 0 unspecified atom stereocenters. The van der Waals surface area contributed by atoms with Crippen molar-refractivity contribution in [2.24, 2.45) is 0 Å². The lowest BCUT2D eigenvalue weighted by Gasteiger charge is -2.18. The summed E-state index contributed by atoms with van der Waals surface area (Å²) in [6.07, 6.45) is 5.65. The molecule has 0 aromatic carbocycles. The van der Waals surface area contributed by atoms with Gasteiger partial charge in [-0.3, -0.25) is 4.90 Å². The summed E-state index contributed by atoms with van der Waals surface area (Å²) < 4.78 is 1.79. The largest absolute Gasteiger partial charge is 0.465 e. The van der Waals surface area contributed by atoms with Crippen molar-refractivity contribution in [3.8, 4) is 0 Å². The zero-order valence-corrected chi connectivity index (χ0v) is 6.21. The molecule has 0 saturated carbocycles. The molecule has 0 bridgehead atoms. The average molecular weight is 165 g/mol. The molecule has 1 aliphatic heterocycles. The van der Waals surface area contributed by atoms with E-state index in [0.29, 0.717) is 6.54 Å². The van der Waals surface area contributed by atoms with Gasteiger partial charge in [-0.1, -0.05) is 0 Å². The van der Waals surface area contributed by atoms with Crippen LogP contribution in [0, 0.1) is 0 Å². The third-order valence-corrected chi connectivity index (χ3v) is 1.71. The molecule has 1 N–H and O–H groups in total. The van der Waals surface area contributed by atoms with Crippen molar-refractivity contribution in [3.63, 3.8) is 0 Å². The predicted octanol–water partition coefficient (Wildman–Crippen LogP) is 0.805. The Morgan fingerprint density at radius 2 is 2.42 bits per heavy atom. The van der Waals surface area contributed by atoms with Gasteiger partial charge in [0.2, 0.25) is 0 Å². The van der Waals surface area contributed by atoms with Gasteiger partial charge < -0.3 is 9.67 Å². The zero-order chi connectivity index (χ0) is 8.55. The van der Waals surface area contributed by atoms with E-state index < -0.39 is 6.09 Å². The van der Waals surface area contributed by atoms with Crippen molar-refractivity contribution in [3.05, 3.63) is 24.4 Å². The lowest BCUT2D eigenvalue weighted by molar-refractivity contribution is 0.159. The van der Waals surface area contributed by atoms with E-state index in [2.05, 4.69) is 4.98 Å². The van der Waals surface area contributed by atoms with Gasteiger partial charge in [0, 0.05) is 24.8 Å². The monoisotopic (exact) mass is 165 g/mol. The molecule has 2 heterocycles. The van der Waals surface area contributed by atoms with Gasteiger partial charge in [-0.15, -0.1) is 0 Å². The Kier molecular flexibility index (Phi) is 1.36. The Labute approximate surface area is 68.6 Å². The minimum atomic E-state index is -0.958. The van der Waals surface area contributed by atoms with Crippen molar-refractivity contribution in [1.29, 1.82) is 0 Å². The molecular formula is C7H7N3O2. The summed E-state index contributed by atoms with van der Waals surface area (Å²) in [4.78, 5) is 15.7. The topological polar surface area (TPSA) is 58.4 Å². The fourth-order valence-electron chi connectivity index (χ4n) is 1.09. The minimum absolute atomic E-state index is 0.318. The van der Waals surface area contributed by atoms with Gasteiger partial charge in [-0.25, -0.2) is 9.78 Å². The molecule has 0 radical (unpaired) electrons. The maximum absolute atomic E-state index is 10.5. The first-order chi connectivity index (χ1) is 5.77. The highest BCUT2D eigenvalue weighted by atomic mass is 16.4. The Morgan fingerprint density at radius 3 is 3.17 bits per heavy atom. The fourth-order valence-corrected chi connectivity index (χ4v) is 1.09. The number of carboxylic acid groups (broad SMARTS) is 1. The van der Waals surface area contributed by atoms with Crippen LogP contribution in [0.25, 0.3) is 6.20 Å². The van der Waals surface area contributed by atoms with E-state index in [1.54, 1.807) is 23.2 Å². The average Bonchev–Trinajstić information content (AvgIpc) is 2.49. The van der Waals surface area contributed by atoms with Crippen LogP contribution in [0.1, 0.15) is 5.82 Å². The number of imidazole rings is 1. The van der Waals surface area contributed by atoms with Gasteiger partial charge in [0.05, 0.1) is 6.54 Å². The maximum Gasteiger partial charge on any atom is 0.411 e. The Hall–Kier alpha value is -1.78. The van der Waals surface area contributed by atoms with Crippen molar-refractivity contribution >= 4 is 12.3 Å². The molecule has 5 nitrogen and oxygen atoms in total. The quantitative estimate of drug-likeness (QED) is 0.618. The van der Waals surface area contributed by atoms with Crippen LogP contribution in [0.3, 0.4) is 0 Å². The van der Waals surface area contributed by atoms with Gasteiger partial charge in [-0.05, 0) is 0 Å². The zero-order valence-electron chi connectivity index (χ0n) is 6.21. The number of hydrogen-bond donors (Lipinski definition) is 1. The molecule has 1 aromatic heterocycles. The first-order valence-electron chi connectivity index (χ1n) is 3.47. The second-order valence-corrected chi connectivity index (χ2v) is 2.46. The molecule has 2 rings (SSSR count). The Morgan fingerprint density at radius 1 is 1.58 bits per heavy atom. The Bertz CT molecular complexity index is 342. The van der Waals surface area contributed by atoms with Crippen LogP contribution in [0.15, 0.2) is 18.6 Å². The molecule has 12 heavy (non-hydrogen) atoms. The Balaban J connectivity index is 2.30. The summed E-state index contributed by atoms with van der Waals surface area (Å²) in [5.74, 6) is 0.736. The number of nitrogens with zero attached hydrogens (tertiary/aromatic N) is 3. The molecule has 0 saturated heterocycles. The highest BCUT2D eigenvalue weighted by Gasteiger charge is 2.15. The van der Waals surface area contributed by atoms with E-state index in [1.165, 1.54) is 11.1 Å². The van der Waals surface area contributed by atoms with Gasteiger partial charge in [0.15, 0.2) is 0 Å². The lowest BCUT2D eigenvalue weighted by Crippen LogP contribution is -2.27. The maximum atomic E-state index is 10.5. The van der Waals surface area contributed by atoms with Crippen LogP contribution in [-0.2, 0) is 6.54 Å². The summed E-state index contributed by atoms with van der Waals surface area (Å²) in [6, 6.07) is 0. The highest BCUT2D eigenvalue weighted by Crippen LogP contribution is 2.10. The molecule has 1 aliphatic rings. The van der Waals surface area contributed by atoms with Crippen LogP contribution >= 0.6 is 0 Å². The normalized spacial score (nSPS) is 14.5. The number of hydrogen-bond acceptors (Lipinski definition) is 2. The minimum Gasteiger partial charge on any atom is -0.465 e. The van der Waals surface area contributed by atoms with Crippen molar-refractivity contribution in [2.75, 3.05) is 0 Å². The number of rotatable bonds is 0. The standard InChI is InChI=1S/C7H7N3O2/c11-7(12)10-4-3-9-2-1-8-6(9)5-10/h1-4H,5H2,(H,11,12). The molecule has 62 valence electrons. The van der Waals surface area contributed by atoms with E-state index in [0.717, 1.165) is 5.82 Å². The highest BCUT2D eigenvalue weighted by molar-refractivity contribution is 5.67. The van der Waals surface area contributed by atoms with E-state index in [1.807, 2.05) is 0 Å². The fraction of sp³-hybridized carbons (Fsp3) is 0.143. The number of carbonyl (C=O) groups is 1. The molecule has 1 amide bonds. The third kappa shape index (κ3) is 0.952. The molecule has 0 atom stereocenters. The van der Waals surface area contributed by atoms with E-state index in [4.69, 9.17) is 5.11 Å². The van der Waals surface area contributed by atoms with Gasteiger partial charge in [-0.2, -0.15) is 0 Å². The smallest absolute Gasteiger partial charge is 0.411 e. The van der Waals surface area contributed by atoms with E-state index in [-0.39, 0.29) is 0 Å². The first-order valence-corrected chi connectivity index (χ1v) is 3.47. The van der Waals surface area contributed by atoms with Gasteiger partial charge >= 0.3 is 6.09 Å². The summed E-state index contributed by atoms with van der Waals surface area (Å²) in [5, 5.41) is 8.64. The number of fused-ring (bicyclic) bond motifs is 1. The predicted molar refractivity (Wildman–Crippen MR) is 41.1 cm³/mol. The molecular weight excluding hydrogens is 158 g/mol. The van der Waals surface area contributed by atoms with Crippen LogP contribution < -0.4 is 0 Å². The molecule has 5 heteroatoms. The van der Waals surface area contributed by atoms with Crippen molar-refractivity contribution in [1.82, 2.24) is 14.5 Å². The van der Waals surface area contributed by atoms with Crippen LogP contribution in [0.5, 0.6) is 0 Å². The molecule has 0 fully saturated rings. The van der Waals surface area contributed by atoms with Gasteiger partial charge in [0.1, 0.15) is 5.82 Å². The van der Waals surface area contributed by atoms with Gasteiger partial charge in [0.25, 0.3) is 0 Å².